The van der Waals surface area contributed by atoms with E-state index in [4.69, 9.17) is 0 Å². The molecule has 3 heterocycles. The zero-order chi connectivity index (χ0) is 18.4. The van der Waals surface area contributed by atoms with Gasteiger partial charge >= 0.3 is 0 Å². The van der Waals surface area contributed by atoms with Crippen molar-refractivity contribution in [1.82, 2.24) is 19.4 Å². The van der Waals surface area contributed by atoms with Gasteiger partial charge in [-0.3, -0.25) is 9.48 Å². The SMILES string of the molecule is Cc1nn(C)c(C)c1CCC(=O)NC1CN(C)S(=O)(=O)c2ccsc21. The Bertz CT molecular complexity index is 914. The highest BCUT2D eigenvalue weighted by Crippen LogP contribution is 2.35. The third-order valence-corrected chi connectivity index (χ3v) is 7.74. The van der Waals surface area contributed by atoms with E-state index in [-0.39, 0.29) is 18.5 Å². The first-order valence-electron chi connectivity index (χ1n) is 8.04. The molecule has 1 N–H and O–H groups in total. The van der Waals surface area contributed by atoms with E-state index in [1.807, 2.05) is 25.6 Å². The van der Waals surface area contributed by atoms with Crippen LogP contribution in [-0.4, -0.2) is 42.0 Å². The number of carbonyl (C=O) groups excluding carboxylic acids is 1. The number of carbonyl (C=O) groups is 1. The third-order valence-electron chi connectivity index (χ3n) is 4.70. The number of hydrogen-bond donors (Lipinski definition) is 1. The summed E-state index contributed by atoms with van der Waals surface area (Å²) in [7, 11) is 0.00208. The molecule has 3 rings (SSSR count). The number of rotatable bonds is 4. The van der Waals surface area contributed by atoms with Gasteiger partial charge in [-0.05, 0) is 37.3 Å². The molecule has 9 heteroatoms. The minimum Gasteiger partial charge on any atom is -0.347 e. The minimum atomic E-state index is -3.43. The second kappa shape index (κ2) is 6.54. The van der Waals surface area contributed by atoms with E-state index in [0.717, 1.165) is 17.0 Å². The maximum Gasteiger partial charge on any atom is 0.244 e. The Morgan fingerprint density at radius 1 is 1.40 bits per heavy atom. The van der Waals surface area contributed by atoms with Crippen molar-refractivity contribution in [1.29, 1.82) is 0 Å². The van der Waals surface area contributed by atoms with E-state index in [9.17, 15) is 13.2 Å². The number of fused-ring (bicyclic) bond motifs is 1. The predicted octanol–water partition coefficient (Wildman–Crippen LogP) is 1.52. The Morgan fingerprint density at radius 3 is 2.76 bits per heavy atom. The van der Waals surface area contributed by atoms with Gasteiger partial charge in [0, 0.05) is 37.6 Å². The van der Waals surface area contributed by atoms with Crippen LogP contribution in [0.4, 0.5) is 0 Å². The monoisotopic (exact) mass is 382 g/mol. The minimum absolute atomic E-state index is 0.0836. The van der Waals surface area contributed by atoms with Gasteiger partial charge in [-0.2, -0.15) is 9.40 Å². The number of hydrogen-bond acceptors (Lipinski definition) is 5. The number of likely N-dealkylation sites (N-methyl/N-ethyl adjacent to an activating group) is 1. The van der Waals surface area contributed by atoms with Crippen molar-refractivity contribution in [2.45, 2.75) is 37.6 Å². The summed E-state index contributed by atoms with van der Waals surface area (Å²) in [5, 5.41) is 9.10. The lowest BCUT2D eigenvalue weighted by Gasteiger charge is -2.30. The first-order chi connectivity index (χ1) is 11.7. The first-order valence-corrected chi connectivity index (χ1v) is 10.4. The van der Waals surface area contributed by atoms with Gasteiger partial charge in [-0.1, -0.05) is 0 Å². The molecular weight excluding hydrogens is 360 g/mol. The van der Waals surface area contributed by atoms with E-state index in [1.165, 1.54) is 22.7 Å². The van der Waals surface area contributed by atoms with E-state index >= 15 is 0 Å². The van der Waals surface area contributed by atoms with Crippen molar-refractivity contribution in [3.05, 3.63) is 33.3 Å². The van der Waals surface area contributed by atoms with Gasteiger partial charge in [0.05, 0.1) is 16.6 Å². The number of sulfonamides is 1. The Balaban J connectivity index is 1.70. The molecule has 0 spiro atoms. The largest absolute Gasteiger partial charge is 0.347 e. The molecule has 136 valence electrons. The molecule has 0 aromatic carbocycles. The molecule has 1 atom stereocenters. The van der Waals surface area contributed by atoms with E-state index < -0.39 is 10.0 Å². The molecule has 0 bridgehead atoms. The van der Waals surface area contributed by atoms with Gasteiger partial charge in [-0.25, -0.2) is 8.42 Å². The van der Waals surface area contributed by atoms with Crippen molar-refractivity contribution in [2.75, 3.05) is 13.6 Å². The molecule has 0 aliphatic carbocycles. The summed E-state index contributed by atoms with van der Waals surface area (Å²) in [6, 6.07) is 1.30. The van der Waals surface area contributed by atoms with Crippen molar-refractivity contribution < 1.29 is 13.2 Å². The molecule has 7 nitrogen and oxygen atoms in total. The van der Waals surface area contributed by atoms with Crippen LogP contribution in [0.15, 0.2) is 16.3 Å². The highest BCUT2D eigenvalue weighted by atomic mass is 32.2. The summed E-state index contributed by atoms with van der Waals surface area (Å²) in [4.78, 5) is 13.4. The number of nitrogens with one attached hydrogen (secondary N) is 1. The van der Waals surface area contributed by atoms with Crippen molar-refractivity contribution in [3.63, 3.8) is 0 Å². The fourth-order valence-electron chi connectivity index (χ4n) is 3.18. The summed E-state index contributed by atoms with van der Waals surface area (Å²) < 4.78 is 27.7. The van der Waals surface area contributed by atoms with Crippen LogP contribution >= 0.6 is 11.3 Å². The molecule has 0 saturated carbocycles. The zero-order valence-corrected chi connectivity index (χ0v) is 16.4. The summed E-state index contributed by atoms with van der Waals surface area (Å²) in [5.74, 6) is -0.0836. The number of aromatic nitrogens is 2. The quantitative estimate of drug-likeness (QED) is 0.869. The topological polar surface area (TPSA) is 84.3 Å². The van der Waals surface area contributed by atoms with Crippen LogP contribution < -0.4 is 5.32 Å². The van der Waals surface area contributed by atoms with Crippen molar-refractivity contribution in [3.8, 4) is 0 Å². The second-order valence-electron chi connectivity index (χ2n) is 6.33. The fraction of sp³-hybridized carbons (Fsp3) is 0.500. The maximum absolute atomic E-state index is 12.4. The number of aryl methyl sites for hydroxylation is 2. The van der Waals surface area contributed by atoms with Crippen LogP contribution in [0.3, 0.4) is 0 Å². The molecule has 1 unspecified atom stereocenters. The van der Waals surface area contributed by atoms with Crippen LogP contribution in [0, 0.1) is 13.8 Å². The zero-order valence-electron chi connectivity index (χ0n) is 14.7. The van der Waals surface area contributed by atoms with Gasteiger partial charge < -0.3 is 5.32 Å². The van der Waals surface area contributed by atoms with Crippen LogP contribution in [0.1, 0.15) is 34.3 Å². The highest BCUT2D eigenvalue weighted by molar-refractivity contribution is 7.89. The van der Waals surface area contributed by atoms with Crippen molar-refractivity contribution >= 4 is 27.3 Å². The molecular formula is C16H22N4O3S2. The molecule has 1 aliphatic heterocycles. The van der Waals surface area contributed by atoms with E-state index in [1.54, 1.807) is 11.4 Å². The van der Waals surface area contributed by atoms with Gasteiger partial charge in [0.2, 0.25) is 15.9 Å². The van der Waals surface area contributed by atoms with E-state index in [0.29, 0.717) is 22.6 Å². The lowest BCUT2D eigenvalue weighted by atomic mass is 10.1. The molecule has 0 fully saturated rings. The van der Waals surface area contributed by atoms with Crippen LogP contribution in [-0.2, 0) is 28.3 Å². The normalized spacial score (nSPS) is 19.6. The Kier molecular flexibility index (Phi) is 4.74. The van der Waals surface area contributed by atoms with Crippen molar-refractivity contribution in [2.24, 2.45) is 7.05 Å². The maximum atomic E-state index is 12.4. The van der Waals surface area contributed by atoms with Crippen LogP contribution in [0.2, 0.25) is 0 Å². The molecule has 1 aliphatic rings. The average molecular weight is 383 g/mol. The fourth-order valence-corrected chi connectivity index (χ4v) is 5.87. The molecule has 2 aromatic heterocycles. The molecule has 0 saturated heterocycles. The van der Waals surface area contributed by atoms with Gasteiger partial charge in [0.25, 0.3) is 0 Å². The summed E-state index contributed by atoms with van der Waals surface area (Å²) in [5.41, 5.74) is 3.10. The third kappa shape index (κ3) is 3.23. The standard InChI is InChI=1S/C16H22N4O3S2/c1-10-12(11(2)20(4)18-10)5-6-15(21)17-13-9-19(3)25(22,23)14-7-8-24-16(13)14/h7-8,13H,5-6,9H2,1-4H3,(H,17,21). The number of nitrogens with zero attached hydrogens (tertiary/aromatic N) is 3. The molecule has 1 amide bonds. The second-order valence-corrected chi connectivity index (χ2v) is 9.29. The Labute approximate surface area is 151 Å². The molecule has 0 radical (unpaired) electrons. The Morgan fingerprint density at radius 2 is 2.12 bits per heavy atom. The lowest BCUT2D eigenvalue weighted by molar-refractivity contribution is -0.121. The number of amides is 1. The summed E-state index contributed by atoms with van der Waals surface area (Å²) >= 11 is 1.37. The first kappa shape index (κ1) is 18.1. The van der Waals surface area contributed by atoms with Gasteiger partial charge in [0.1, 0.15) is 0 Å². The van der Waals surface area contributed by atoms with Gasteiger partial charge in [0.15, 0.2) is 0 Å². The number of thiophene rings is 1. The van der Waals surface area contributed by atoms with Crippen LogP contribution in [0.25, 0.3) is 0 Å². The lowest BCUT2D eigenvalue weighted by Crippen LogP contribution is -2.42. The Hall–Kier alpha value is -1.71. The predicted molar refractivity (Wildman–Crippen MR) is 96.0 cm³/mol. The summed E-state index contributed by atoms with van der Waals surface area (Å²) in [6.07, 6.45) is 0.969. The molecule has 25 heavy (non-hydrogen) atoms. The summed E-state index contributed by atoms with van der Waals surface area (Å²) in [6.45, 7) is 4.19. The van der Waals surface area contributed by atoms with E-state index in [2.05, 4.69) is 10.4 Å². The highest BCUT2D eigenvalue weighted by Gasteiger charge is 2.36. The van der Waals surface area contributed by atoms with Gasteiger partial charge in [-0.15, -0.1) is 11.3 Å². The average Bonchev–Trinajstić information content (AvgIpc) is 3.11. The smallest absolute Gasteiger partial charge is 0.244 e. The van der Waals surface area contributed by atoms with Crippen LogP contribution in [0.5, 0.6) is 0 Å². The molecule has 2 aromatic rings.